The average Bonchev–Trinajstić information content (AvgIpc) is 2.66. The number of carbonyl (C=O) groups excluding carboxylic acids is 2. The third-order valence-electron chi connectivity index (χ3n) is 5.87. The lowest BCUT2D eigenvalue weighted by Gasteiger charge is -2.29. The van der Waals surface area contributed by atoms with Gasteiger partial charge in [0.2, 0.25) is 11.8 Å². The number of rotatable bonds is 5. The Kier molecular flexibility index (Phi) is 6.63. The molecule has 0 unspecified atom stereocenters. The Labute approximate surface area is 159 Å². The molecule has 0 bridgehead atoms. The number of anilines is 1. The second kappa shape index (κ2) is 9.15. The summed E-state index contributed by atoms with van der Waals surface area (Å²) in [6.07, 6.45) is 9.99. The number of hydrogen-bond acceptors (Lipinski definition) is 4. The normalized spacial score (nSPS) is 23.6. The standard InChI is InChI=1S/C20H30N4O3/c1-24-19(26)12-11-17(23-24)22-20(27)15-7-9-16(10-8-15)21-18(25)13-14-5-3-2-4-6-14/h11-12,14-16H,2-10,13H2,1H3,(H,21,25)(H,22,23,27). The molecule has 0 spiro atoms. The molecule has 2 N–H and O–H groups in total. The topological polar surface area (TPSA) is 93.1 Å². The summed E-state index contributed by atoms with van der Waals surface area (Å²) in [4.78, 5) is 36.1. The van der Waals surface area contributed by atoms with Gasteiger partial charge in [-0.15, -0.1) is 0 Å². The predicted octanol–water partition coefficient (Wildman–Crippen LogP) is 2.36. The molecule has 0 aliphatic heterocycles. The van der Waals surface area contributed by atoms with E-state index in [1.54, 1.807) is 7.05 Å². The summed E-state index contributed by atoms with van der Waals surface area (Å²) in [5.41, 5.74) is -0.211. The van der Waals surface area contributed by atoms with Crippen LogP contribution in [0.2, 0.25) is 0 Å². The quantitative estimate of drug-likeness (QED) is 0.827. The molecule has 0 atom stereocenters. The first kappa shape index (κ1) is 19.6. The maximum atomic E-state index is 12.4. The first-order chi connectivity index (χ1) is 13.0. The Morgan fingerprint density at radius 3 is 2.44 bits per heavy atom. The van der Waals surface area contributed by atoms with Crippen molar-refractivity contribution in [3.05, 3.63) is 22.5 Å². The molecule has 0 saturated heterocycles. The highest BCUT2D eigenvalue weighted by atomic mass is 16.2. The third-order valence-corrected chi connectivity index (χ3v) is 5.87. The van der Waals surface area contributed by atoms with Crippen molar-refractivity contribution in [2.75, 3.05) is 5.32 Å². The van der Waals surface area contributed by atoms with Crippen LogP contribution < -0.4 is 16.2 Å². The van der Waals surface area contributed by atoms with Crippen molar-refractivity contribution < 1.29 is 9.59 Å². The van der Waals surface area contributed by atoms with E-state index in [4.69, 9.17) is 0 Å². The van der Waals surface area contributed by atoms with E-state index in [1.807, 2.05) is 0 Å². The molecule has 2 aliphatic rings. The van der Waals surface area contributed by atoms with E-state index >= 15 is 0 Å². The highest BCUT2D eigenvalue weighted by molar-refractivity contribution is 5.91. The number of nitrogens with zero attached hydrogens (tertiary/aromatic N) is 2. The molecular weight excluding hydrogens is 344 g/mol. The Bertz CT molecular complexity index is 716. The number of nitrogens with one attached hydrogen (secondary N) is 2. The molecule has 7 nitrogen and oxygen atoms in total. The van der Waals surface area contributed by atoms with Crippen LogP contribution in [-0.4, -0.2) is 27.6 Å². The van der Waals surface area contributed by atoms with Gasteiger partial charge < -0.3 is 10.6 Å². The summed E-state index contributed by atoms with van der Waals surface area (Å²) >= 11 is 0. The van der Waals surface area contributed by atoms with E-state index in [9.17, 15) is 14.4 Å². The van der Waals surface area contributed by atoms with Crippen LogP contribution >= 0.6 is 0 Å². The summed E-state index contributed by atoms with van der Waals surface area (Å²) in [6, 6.07) is 3.10. The first-order valence-corrected chi connectivity index (χ1v) is 10.2. The zero-order valence-electron chi connectivity index (χ0n) is 16.1. The lowest BCUT2D eigenvalue weighted by Crippen LogP contribution is -2.40. The van der Waals surface area contributed by atoms with Gasteiger partial charge in [0.25, 0.3) is 5.56 Å². The molecule has 1 heterocycles. The zero-order chi connectivity index (χ0) is 19.2. The van der Waals surface area contributed by atoms with Crippen molar-refractivity contribution in [1.82, 2.24) is 15.1 Å². The van der Waals surface area contributed by atoms with Crippen LogP contribution in [0.15, 0.2) is 16.9 Å². The fourth-order valence-corrected chi connectivity index (χ4v) is 4.24. The molecular formula is C20H30N4O3. The molecule has 2 aliphatic carbocycles. The van der Waals surface area contributed by atoms with Crippen LogP contribution in [0.5, 0.6) is 0 Å². The second-order valence-electron chi connectivity index (χ2n) is 7.99. The molecule has 2 fully saturated rings. The largest absolute Gasteiger partial charge is 0.353 e. The molecule has 148 valence electrons. The number of aryl methyl sites for hydroxylation is 1. The van der Waals surface area contributed by atoms with E-state index in [0.717, 1.165) is 25.7 Å². The number of hydrogen-bond donors (Lipinski definition) is 2. The van der Waals surface area contributed by atoms with Crippen molar-refractivity contribution in [3.8, 4) is 0 Å². The lowest BCUT2D eigenvalue weighted by atomic mass is 9.84. The van der Waals surface area contributed by atoms with Gasteiger partial charge in [-0.2, -0.15) is 5.10 Å². The summed E-state index contributed by atoms with van der Waals surface area (Å²) in [7, 11) is 1.55. The molecule has 2 saturated carbocycles. The zero-order valence-corrected chi connectivity index (χ0v) is 16.1. The van der Waals surface area contributed by atoms with Gasteiger partial charge in [-0.05, 0) is 50.5 Å². The molecule has 3 rings (SSSR count). The van der Waals surface area contributed by atoms with Crippen LogP contribution in [-0.2, 0) is 16.6 Å². The van der Waals surface area contributed by atoms with E-state index in [2.05, 4.69) is 15.7 Å². The van der Waals surface area contributed by atoms with Crippen molar-refractivity contribution in [2.45, 2.75) is 70.3 Å². The van der Waals surface area contributed by atoms with Crippen LogP contribution in [0.25, 0.3) is 0 Å². The number of carbonyl (C=O) groups is 2. The maximum Gasteiger partial charge on any atom is 0.266 e. The monoisotopic (exact) mass is 374 g/mol. The molecule has 1 aromatic heterocycles. The van der Waals surface area contributed by atoms with Gasteiger partial charge in [0.05, 0.1) is 0 Å². The van der Waals surface area contributed by atoms with Gasteiger partial charge in [-0.3, -0.25) is 14.4 Å². The van der Waals surface area contributed by atoms with Gasteiger partial charge in [-0.25, -0.2) is 4.68 Å². The van der Waals surface area contributed by atoms with Gasteiger partial charge in [-0.1, -0.05) is 19.3 Å². The minimum atomic E-state index is -0.211. The predicted molar refractivity (Wildman–Crippen MR) is 103 cm³/mol. The van der Waals surface area contributed by atoms with Crippen molar-refractivity contribution >= 4 is 17.6 Å². The third kappa shape index (κ3) is 5.65. The molecule has 1 aromatic rings. The fourth-order valence-electron chi connectivity index (χ4n) is 4.24. The van der Waals surface area contributed by atoms with Crippen molar-refractivity contribution in [1.29, 1.82) is 0 Å². The van der Waals surface area contributed by atoms with Crippen molar-refractivity contribution in [3.63, 3.8) is 0 Å². The van der Waals surface area contributed by atoms with E-state index in [-0.39, 0.29) is 29.3 Å². The Morgan fingerprint density at radius 1 is 1.07 bits per heavy atom. The van der Waals surface area contributed by atoms with Crippen LogP contribution in [0.1, 0.15) is 64.2 Å². The summed E-state index contributed by atoms with van der Waals surface area (Å²) in [6.45, 7) is 0. The SMILES string of the molecule is Cn1nc(NC(=O)C2CCC(NC(=O)CC3CCCCC3)CC2)ccc1=O. The minimum absolute atomic E-state index is 0.0619. The fraction of sp³-hybridized carbons (Fsp3) is 0.700. The molecule has 27 heavy (non-hydrogen) atoms. The maximum absolute atomic E-state index is 12.4. The van der Waals surface area contributed by atoms with Crippen LogP contribution in [0.4, 0.5) is 5.82 Å². The smallest absolute Gasteiger partial charge is 0.266 e. The Morgan fingerprint density at radius 2 is 1.78 bits per heavy atom. The molecule has 0 radical (unpaired) electrons. The van der Waals surface area contributed by atoms with Crippen LogP contribution in [0, 0.1) is 11.8 Å². The van der Waals surface area contributed by atoms with E-state index in [1.165, 1.54) is 48.9 Å². The van der Waals surface area contributed by atoms with Gasteiger partial charge >= 0.3 is 0 Å². The highest BCUT2D eigenvalue weighted by Gasteiger charge is 2.28. The van der Waals surface area contributed by atoms with Crippen molar-refractivity contribution in [2.24, 2.45) is 18.9 Å². The van der Waals surface area contributed by atoms with Gasteiger partial charge in [0, 0.05) is 31.5 Å². The van der Waals surface area contributed by atoms with Gasteiger partial charge in [0.15, 0.2) is 5.82 Å². The van der Waals surface area contributed by atoms with E-state index in [0.29, 0.717) is 18.2 Å². The summed E-state index contributed by atoms with van der Waals surface area (Å²) in [5, 5.41) is 9.99. The number of aromatic nitrogens is 2. The molecule has 0 aromatic carbocycles. The highest BCUT2D eigenvalue weighted by Crippen LogP contribution is 2.28. The Hall–Kier alpha value is -2.18. The summed E-state index contributed by atoms with van der Waals surface area (Å²) in [5.74, 6) is 0.980. The van der Waals surface area contributed by atoms with E-state index < -0.39 is 0 Å². The van der Waals surface area contributed by atoms with Gasteiger partial charge in [0.1, 0.15) is 0 Å². The number of amides is 2. The molecule has 2 amide bonds. The Balaban J connectivity index is 1.41. The second-order valence-corrected chi connectivity index (χ2v) is 7.99. The minimum Gasteiger partial charge on any atom is -0.353 e. The summed E-state index contributed by atoms with van der Waals surface area (Å²) < 4.78 is 1.20. The van der Waals surface area contributed by atoms with Crippen LogP contribution in [0.3, 0.4) is 0 Å². The average molecular weight is 374 g/mol. The molecule has 7 heteroatoms. The lowest BCUT2D eigenvalue weighted by molar-refractivity contribution is -0.123. The first-order valence-electron chi connectivity index (χ1n) is 10.2.